The van der Waals surface area contributed by atoms with Crippen molar-refractivity contribution in [2.24, 2.45) is 11.8 Å². The molecule has 114 valence electrons. The third-order valence-corrected chi connectivity index (χ3v) is 4.31. The van der Waals surface area contributed by atoms with Gasteiger partial charge in [0.05, 0.1) is 6.61 Å². The number of carboxylic acid groups (broad SMARTS) is 1. The number of carbonyl (C=O) groups is 2. The van der Waals surface area contributed by atoms with Gasteiger partial charge in [0.2, 0.25) is 0 Å². The molecule has 6 heteroatoms. The molecule has 1 N–H and O–H groups in total. The molecule has 3 unspecified atom stereocenters. The van der Waals surface area contributed by atoms with E-state index in [2.05, 4.69) is 0 Å². The second-order valence-corrected chi connectivity index (χ2v) is 5.99. The minimum Gasteiger partial charge on any atom is -0.480 e. The van der Waals surface area contributed by atoms with Gasteiger partial charge in [0.25, 0.3) is 0 Å². The summed E-state index contributed by atoms with van der Waals surface area (Å²) in [5.74, 6) is -0.526. The zero-order chi connectivity index (χ0) is 14.7. The highest BCUT2D eigenvalue weighted by Crippen LogP contribution is 2.25. The van der Waals surface area contributed by atoms with Crippen LogP contribution < -0.4 is 0 Å². The number of ether oxygens (including phenoxy) is 1. The SMILES string of the molecule is CC1CCN(C(=O)N(C)CC2CCCOC2)C1C(=O)O. The molecule has 0 aliphatic carbocycles. The fourth-order valence-corrected chi connectivity index (χ4v) is 3.17. The predicted molar refractivity (Wildman–Crippen MR) is 73.5 cm³/mol. The van der Waals surface area contributed by atoms with Crippen molar-refractivity contribution >= 4 is 12.0 Å². The fourth-order valence-electron chi connectivity index (χ4n) is 3.17. The zero-order valence-corrected chi connectivity index (χ0v) is 12.2. The van der Waals surface area contributed by atoms with Crippen molar-refractivity contribution in [1.82, 2.24) is 9.80 Å². The normalized spacial score (nSPS) is 30.3. The van der Waals surface area contributed by atoms with Crippen molar-refractivity contribution in [2.45, 2.75) is 32.2 Å². The number of aliphatic carboxylic acids is 1. The van der Waals surface area contributed by atoms with Gasteiger partial charge in [-0.2, -0.15) is 0 Å². The van der Waals surface area contributed by atoms with Gasteiger partial charge in [0.1, 0.15) is 6.04 Å². The van der Waals surface area contributed by atoms with Gasteiger partial charge >= 0.3 is 12.0 Å². The van der Waals surface area contributed by atoms with E-state index in [1.54, 1.807) is 11.9 Å². The van der Waals surface area contributed by atoms with E-state index in [0.717, 1.165) is 25.9 Å². The molecular weight excluding hydrogens is 260 g/mol. The lowest BCUT2D eigenvalue weighted by atomic mass is 10.0. The summed E-state index contributed by atoms with van der Waals surface area (Å²) >= 11 is 0. The molecule has 0 bridgehead atoms. The van der Waals surface area contributed by atoms with Crippen molar-refractivity contribution < 1.29 is 19.4 Å². The van der Waals surface area contributed by atoms with Crippen LogP contribution in [0.3, 0.4) is 0 Å². The summed E-state index contributed by atoms with van der Waals surface area (Å²) in [7, 11) is 1.75. The van der Waals surface area contributed by atoms with Gasteiger partial charge in [-0.25, -0.2) is 9.59 Å². The Hall–Kier alpha value is -1.30. The lowest BCUT2D eigenvalue weighted by Gasteiger charge is -2.32. The van der Waals surface area contributed by atoms with E-state index in [1.807, 2.05) is 6.92 Å². The van der Waals surface area contributed by atoms with E-state index < -0.39 is 12.0 Å². The lowest BCUT2D eigenvalue weighted by molar-refractivity contribution is -0.142. The summed E-state index contributed by atoms with van der Waals surface area (Å²) in [6, 6.07) is -0.861. The van der Waals surface area contributed by atoms with Gasteiger partial charge in [0.15, 0.2) is 0 Å². The van der Waals surface area contributed by atoms with Crippen molar-refractivity contribution in [3.8, 4) is 0 Å². The Kier molecular flexibility index (Phi) is 4.86. The first-order chi connectivity index (χ1) is 9.50. The largest absolute Gasteiger partial charge is 0.480 e. The van der Waals surface area contributed by atoms with Crippen LogP contribution in [0.25, 0.3) is 0 Å². The standard InChI is InChI=1S/C14H24N2O4/c1-10-5-6-16(12(10)13(17)18)14(19)15(2)8-11-4-3-7-20-9-11/h10-12H,3-9H2,1-2H3,(H,17,18). The number of carboxylic acids is 1. The highest BCUT2D eigenvalue weighted by Gasteiger charge is 2.40. The van der Waals surface area contributed by atoms with E-state index >= 15 is 0 Å². The fraction of sp³-hybridized carbons (Fsp3) is 0.857. The second kappa shape index (κ2) is 6.43. The Morgan fingerprint density at radius 1 is 1.40 bits per heavy atom. The molecule has 20 heavy (non-hydrogen) atoms. The van der Waals surface area contributed by atoms with Gasteiger partial charge in [0, 0.05) is 32.7 Å². The third kappa shape index (κ3) is 3.23. The van der Waals surface area contributed by atoms with Crippen LogP contribution in [0.2, 0.25) is 0 Å². The van der Waals surface area contributed by atoms with Crippen LogP contribution in [0, 0.1) is 11.8 Å². The predicted octanol–water partition coefficient (Wildman–Crippen LogP) is 1.26. The minimum absolute atomic E-state index is 0.0165. The second-order valence-electron chi connectivity index (χ2n) is 5.99. The molecule has 2 aliphatic heterocycles. The molecular formula is C14H24N2O4. The van der Waals surface area contributed by atoms with E-state index in [9.17, 15) is 14.7 Å². The van der Waals surface area contributed by atoms with E-state index in [-0.39, 0.29) is 11.9 Å². The van der Waals surface area contributed by atoms with E-state index in [4.69, 9.17) is 4.74 Å². The van der Waals surface area contributed by atoms with Crippen molar-refractivity contribution in [1.29, 1.82) is 0 Å². The molecule has 0 aromatic carbocycles. The number of hydrogen-bond donors (Lipinski definition) is 1. The number of likely N-dealkylation sites (tertiary alicyclic amines) is 1. The maximum Gasteiger partial charge on any atom is 0.326 e. The molecule has 0 aromatic rings. The molecule has 3 atom stereocenters. The first kappa shape index (κ1) is 15.1. The maximum atomic E-state index is 12.4. The monoisotopic (exact) mass is 284 g/mol. The highest BCUT2D eigenvalue weighted by molar-refractivity contribution is 5.83. The van der Waals surface area contributed by atoms with Gasteiger partial charge < -0.3 is 19.6 Å². The summed E-state index contributed by atoms with van der Waals surface area (Å²) in [5.41, 5.74) is 0. The average Bonchev–Trinajstić information content (AvgIpc) is 2.81. The first-order valence-corrected chi connectivity index (χ1v) is 7.33. The van der Waals surface area contributed by atoms with Gasteiger partial charge in [-0.05, 0) is 25.2 Å². The van der Waals surface area contributed by atoms with Crippen LogP contribution in [0.4, 0.5) is 4.79 Å². The molecule has 2 heterocycles. The Morgan fingerprint density at radius 3 is 2.75 bits per heavy atom. The highest BCUT2D eigenvalue weighted by atomic mass is 16.5. The summed E-state index contributed by atoms with van der Waals surface area (Å²) < 4.78 is 5.42. The van der Waals surface area contributed by atoms with E-state index in [1.165, 1.54) is 4.90 Å². The van der Waals surface area contributed by atoms with Gasteiger partial charge in [-0.3, -0.25) is 0 Å². The Balaban J connectivity index is 1.93. The molecule has 2 aliphatic rings. The Labute approximate surface area is 119 Å². The number of nitrogens with zero attached hydrogens (tertiary/aromatic N) is 2. The Morgan fingerprint density at radius 2 is 2.15 bits per heavy atom. The maximum absolute atomic E-state index is 12.4. The molecule has 2 fully saturated rings. The molecule has 2 rings (SSSR count). The molecule has 6 nitrogen and oxygen atoms in total. The molecule has 0 aromatic heterocycles. The summed E-state index contributed by atoms with van der Waals surface area (Å²) in [5, 5.41) is 9.27. The Bertz CT molecular complexity index is 368. The number of carbonyl (C=O) groups excluding carboxylic acids is 1. The number of hydrogen-bond acceptors (Lipinski definition) is 3. The average molecular weight is 284 g/mol. The molecule has 0 radical (unpaired) electrons. The van der Waals surface area contributed by atoms with Crippen LogP contribution in [0.1, 0.15) is 26.2 Å². The topological polar surface area (TPSA) is 70.1 Å². The summed E-state index contributed by atoms with van der Waals surface area (Å²) in [4.78, 5) is 26.9. The first-order valence-electron chi connectivity index (χ1n) is 7.33. The molecule has 2 saturated heterocycles. The van der Waals surface area contributed by atoms with Crippen LogP contribution in [0.15, 0.2) is 0 Å². The molecule has 2 amide bonds. The van der Waals surface area contributed by atoms with Crippen LogP contribution in [0.5, 0.6) is 0 Å². The van der Waals surface area contributed by atoms with Crippen LogP contribution in [-0.2, 0) is 9.53 Å². The smallest absolute Gasteiger partial charge is 0.326 e. The lowest BCUT2D eigenvalue weighted by Crippen LogP contribution is -2.49. The van der Waals surface area contributed by atoms with Crippen molar-refractivity contribution in [2.75, 3.05) is 33.4 Å². The molecule has 0 saturated carbocycles. The van der Waals surface area contributed by atoms with E-state index in [0.29, 0.717) is 25.6 Å². The molecule has 0 spiro atoms. The number of urea groups is 1. The number of amides is 2. The minimum atomic E-state index is -0.905. The van der Waals surface area contributed by atoms with Crippen molar-refractivity contribution in [3.05, 3.63) is 0 Å². The van der Waals surface area contributed by atoms with Crippen molar-refractivity contribution in [3.63, 3.8) is 0 Å². The zero-order valence-electron chi connectivity index (χ0n) is 12.2. The van der Waals surface area contributed by atoms with Gasteiger partial charge in [-0.15, -0.1) is 0 Å². The van der Waals surface area contributed by atoms with Crippen LogP contribution in [-0.4, -0.2) is 66.3 Å². The van der Waals surface area contributed by atoms with Gasteiger partial charge in [-0.1, -0.05) is 6.92 Å². The van der Waals surface area contributed by atoms with Crippen LogP contribution >= 0.6 is 0 Å². The number of rotatable bonds is 3. The summed E-state index contributed by atoms with van der Waals surface area (Å²) in [6.45, 7) is 4.55. The summed E-state index contributed by atoms with van der Waals surface area (Å²) in [6.07, 6.45) is 2.85. The third-order valence-electron chi connectivity index (χ3n) is 4.31. The quantitative estimate of drug-likeness (QED) is 0.847.